The zero-order valence-electron chi connectivity index (χ0n) is 24.9. The number of amides is 1. The summed E-state index contributed by atoms with van der Waals surface area (Å²) in [5.74, 6) is 2.73. The quantitative estimate of drug-likeness (QED) is 0.399. The predicted molar refractivity (Wildman–Crippen MR) is 148 cm³/mol. The Morgan fingerprint density at radius 3 is 2.49 bits per heavy atom. The summed E-state index contributed by atoms with van der Waals surface area (Å²) in [4.78, 5) is 29.8. The third kappa shape index (κ3) is 2.92. The van der Waals surface area contributed by atoms with E-state index in [1.165, 1.54) is 11.1 Å². The van der Waals surface area contributed by atoms with E-state index < -0.39 is 0 Å². The minimum absolute atomic E-state index is 0.0698. The van der Waals surface area contributed by atoms with Gasteiger partial charge in [-0.2, -0.15) is 0 Å². The van der Waals surface area contributed by atoms with Gasteiger partial charge in [0.1, 0.15) is 12.4 Å². The second-order valence-electron chi connectivity index (χ2n) is 15.5. The summed E-state index contributed by atoms with van der Waals surface area (Å²) in [5.41, 5.74) is 1.84. The molecular formula is C33H46N2O4. The van der Waals surface area contributed by atoms with Crippen LogP contribution in [0.3, 0.4) is 0 Å². The maximum absolute atomic E-state index is 14.7. The summed E-state index contributed by atoms with van der Waals surface area (Å²) in [7, 11) is 0. The number of fused-ring (bicyclic) bond motifs is 8. The van der Waals surface area contributed by atoms with E-state index in [2.05, 4.69) is 64.6 Å². The van der Waals surface area contributed by atoms with Crippen molar-refractivity contribution in [3.63, 3.8) is 0 Å². The first-order chi connectivity index (χ1) is 18.3. The van der Waals surface area contributed by atoms with E-state index in [1.807, 2.05) is 6.20 Å². The summed E-state index contributed by atoms with van der Waals surface area (Å²) in [6, 6.07) is 0. The summed E-state index contributed by atoms with van der Waals surface area (Å²) in [5, 5.41) is 4.21. The molecule has 5 aliphatic carbocycles. The first-order valence-electron chi connectivity index (χ1n) is 15.5. The second-order valence-corrected chi connectivity index (χ2v) is 15.5. The molecule has 0 aromatic carbocycles. The van der Waals surface area contributed by atoms with Gasteiger partial charge in [0.15, 0.2) is 5.78 Å². The van der Waals surface area contributed by atoms with E-state index in [1.54, 1.807) is 0 Å². The number of rotatable bonds is 1. The van der Waals surface area contributed by atoms with Crippen LogP contribution in [0.2, 0.25) is 0 Å². The average molecular weight is 535 g/mol. The van der Waals surface area contributed by atoms with E-state index in [9.17, 15) is 9.59 Å². The monoisotopic (exact) mass is 534 g/mol. The number of nitrogens with zero attached hydrogens (tertiary/aromatic N) is 2. The average Bonchev–Trinajstić information content (AvgIpc) is 3.53. The van der Waals surface area contributed by atoms with Gasteiger partial charge in [-0.15, -0.1) is 0 Å². The first-order valence-corrected chi connectivity index (χ1v) is 15.5. The smallest absolute Gasteiger partial charge is 0.410 e. The molecule has 9 atom stereocenters. The number of hydrogen-bond acceptors (Lipinski definition) is 5. The molecule has 1 amide bonds. The van der Waals surface area contributed by atoms with Gasteiger partial charge in [-0.3, -0.25) is 9.69 Å². The standard InChI is InChI=1S/C33H46N2O4/c1-19-8-11-33(35-14-15-38-28(35)37)13-12-32(7)26(25(33)20(19)2)22(36)16-24-30(5)17-21-18-34-39-27(21)29(3,4)23(30)9-10-31(24,32)6/h16,18-20,23,25-26H,8-15,17H2,1-7H3/t19-,20+,23+,25+,26-,30+,31-,32-,33+/m1/s1. The van der Waals surface area contributed by atoms with Crippen molar-refractivity contribution in [1.82, 2.24) is 10.1 Å². The summed E-state index contributed by atoms with van der Waals surface area (Å²) >= 11 is 0. The fraction of sp³-hybridized carbons (Fsp3) is 0.788. The van der Waals surface area contributed by atoms with Crippen LogP contribution in [0.1, 0.15) is 98.3 Å². The predicted octanol–water partition coefficient (Wildman–Crippen LogP) is 6.73. The molecule has 7 rings (SSSR count). The molecule has 212 valence electrons. The molecule has 1 aromatic heterocycles. The van der Waals surface area contributed by atoms with Gasteiger partial charge in [0.25, 0.3) is 0 Å². The van der Waals surface area contributed by atoms with Crippen LogP contribution in [0.4, 0.5) is 4.79 Å². The van der Waals surface area contributed by atoms with Crippen molar-refractivity contribution in [2.24, 2.45) is 45.8 Å². The van der Waals surface area contributed by atoms with Crippen LogP contribution in [0.5, 0.6) is 0 Å². The number of ketones is 1. The van der Waals surface area contributed by atoms with Crippen LogP contribution in [0.15, 0.2) is 22.4 Å². The third-order valence-electron chi connectivity index (χ3n) is 14.0. The molecule has 0 radical (unpaired) electrons. The summed E-state index contributed by atoms with van der Waals surface area (Å²) < 4.78 is 11.3. The molecule has 6 nitrogen and oxygen atoms in total. The van der Waals surface area contributed by atoms with Crippen LogP contribution in [0.25, 0.3) is 0 Å². The maximum Gasteiger partial charge on any atom is 0.410 e. The number of allylic oxidation sites excluding steroid dienone is 2. The number of ether oxygens (including phenoxy) is 1. The van der Waals surface area contributed by atoms with Crippen molar-refractivity contribution in [3.05, 3.63) is 29.2 Å². The largest absolute Gasteiger partial charge is 0.448 e. The summed E-state index contributed by atoms with van der Waals surface area (Å²) in [6.45, 7) is 17.8. The molecule has 1 aliphatic heterocycles. The van der Waals surface area contributed by atoms with E-state index in [0.29, 0.717) is 36.7 Å². The highest BCUT2D eigenvalue weighted by Crippen LogP contribution is 2.74. The van der Waals surface area contributed by atoms with E-state index >= 15 is 0 Å². The summed E-state index contributed by atoms with van der Waals surface area (Å²) in [6.07, 6.45) is 11.0. The molecule has 3 saturated carbocycles. The third-order valence-corrected chi connectivity index (χ3v) is 14.0. The van der Waals surface area contributed by atoms with Gasteiger partial charge in [-0.25, -0.2) is 4.79 Å². The van der Waals surface area contributed by atoms with Crippen LogP contribution in [-0.2, 0) is 21.4 Å². The van der Waals surface area contributed by atoms with Gasteiger partial charge in [0.2, 0.25) is 0 Å². The molecule has 6 heteroatoms. The number of carbonyl (C=O) groups is 2. The molecular weight excluding hydrogens is 488 g/mol. The van der Waals surface area contributed by atoms with Crippen molar-refractivity contribution in [2.75, 3.05) is 13.2 Å². The van der Waals surface area contributed by atoms with Crippen LogP contribution >= 0.6 is 0 Å². The molecule has 39 heavy (non-hydrogen) atoms. The van der Waals surface area contributed by atoms with Gasteiger partial charge in [-0.1, -0.05) is 59.2 Å². The van der Waals surface area contributed by atoms with Crippen molar-refractivity contribution < 1.29 is 18.8 Å². The Balaban J connectivity index is 1.38. The molecule has 4 fully saturated rings. The van der Waals surface area contributed by atoms with Crippen molar-refractivity contribution in [3.8, 4) is 0 Å². The minimum atomic E-state index is -0.271. The number of hydrogen-bond donors (Lipinski definition) is 0. The Labute approximate surface area is 233 Å². The van der Waals surface area contributed by atoms with Gasteiger partial charge >= 0.3 is 6.09 Å². The highest BCUT2D eigenvalue weighted by Gasteiger charge is 2.71. The Hall–Kier alpha value is -2.11. The van der Waals surface area contributed by atoms with Crippen molar-refractivity contribution in [2.45, 2.75) is 104 Å². The first kappa shape index (κ1) is 25.8. The van der Waals surface area contributed by atoms with Crippen LogP contribution in [-0.4, -0.2) is 40.6 Å². The Morgan fingerprint density at radius 2 is 1.77 bits per heavy atom. The van der Waals surface area contributed by atoms with Crippen LogP contribution in [0, 0.1) is 45.8 Å². The Morgan fingerprint density at radius 1 is 1.00 bits per heavy atom. The maximum atomic E-state index is 14.7. The topological polar surface area (TPSA) is 72.6 Å². The fourth-order valence-corrected chi connectivity index (χ4v) is 11.7. The molecule has 0 bridgehead atoms. The number of carbonyl (C=O) groups excluding carboxylic acids is 2. The molecule has 2 heterocycles. The lowest BCUT2D eigenvalue weighted by atomic mass is 9.34. The minimum Gasteiger partial charge on any atom is -0.448 e. The zero-order valence-corrected chi connectivity index (χ0v) is 24.9. The molecule has 0 spiro atoms. The highest BCUT2D eigenvalue weighted by atomic mass is 16.6. The zero-order chi connectivity index (χ0) is 27.8. The lowest BCUT2D eigenvalue weighted by molar-refractivity contribution is -0.177. The van der Waals surface area contributed by atoms with E-state index in [-0.39, 0.29) is 45.1 Å². The molecule has 0 N–H and O–H groups in total. The Bertz CT molecular complexity index is 1280. The van der Waals surface area contributed by atoms with Gasteiger partial charge < -0.3 is 9.26 Å². The highest BCUT2D eigenvalue weighted by molar-refractivity contribution is 5.95. The van der Waals surface area contributed by atoms with Crippen molar-refractivity contribution in [1.29, 1.82) is 0 Å². The van der Waals surface area contributed by atoms with Crippen LogP contribution < -0.4 is 0 Å². The lowest BCUT2D eigenvalue weighted by Gasteiger charge is -2.70. The normalized spacial score (nSPS) is 48.2. The lowest BCUT2D eigenvalue weighted by Crippen LogP contribution is -2.71. The number of cyclic esters (lactones) is 1. The SMILES string of the molecule is C[C@@H]1[C@H]2[C@H]3C(=O)C=C4[C@@]5(C)Cc6cnoc6C(C)(C)[C@@H]5CC[C@@]4(C)[C@]3(C)CC[C@@]2(N2CCOC2=O)CC[C@H]1C. The van der Waals surface area contributed by atoms with Gasteiger partial charge in [0, 0.05) is 16.9 Å². The molecule has 1 aromatic rings. The molecule has 6 aliphatic rings. The molecule has 0 unspecified atom stereocenters. The van der Waals surface area contributed by atoms with E-state index in [0.717, 1.165) is 50.7 Å². The second kappa shape index (κ2) is 7.79. The Kier molecular flexibility index (Phi) is 5.16. The number of aromatic nitrogens is 1. The van der Waals surface area contributed by atoms with Gasteiger partial charge in [0.05, 0.1) is 18.3 Å². The molecule has 1 saturated heterocycles. The fourth-order valence-electron chi connectivity index (χ4n) is 11.7. The van der Waals surface area contributed by atoms with E-state index in [4.69, 9.17) is 9.26 Å². The van der Waals surface area contributed by atoms with Crippen molar-refractivity contribution >= 4 is 11.9 Å². The van der Waals surface area contributed by atoms with Gasteiger partial charge in [-0.05, 0) is 90.9 Å².